The fraction of sp³-hybridized carbons (Fsp3) is 0.343. The summed E-state index contributed by atoms with van der Waals surface area (Å²) in [5.41, 5.74) is 7.41. The molecule has 11 nitrogen and oxygen atoms in total. The molecule has 1 aromatic heterocycles. The number of halogens is 3. The Labute approximate surface area is 281 Å². The molecule has 0 aliphatic carbocycles. The van der Waals surface area contributed by atoms with Crippen molar-refractivity contribution < 1.29 is 32.3 Å². The molecular weight excluding hydrogens is 639 g/mol. The molecule has 49 heavy (non-hydrogen) atoms. The smallest absolute Gasteiger partial charge is 0.416 e. The third-order valence-electron chi connectivity index (χ3n) is 8.58. The summed E-state index contributed by atoms with van der Waals surface area (Å²) in [6.45, 7) is 5.33. The highest BCUT2D eigenvalue weighted by molar-refractivity contribution is 6.08. The van der Waals surface area contributed by atoms with Crippen LogP contribution in [-0.2, 0) is 39.6 Å². The van der Waals surface area contributed by atoms with Gasteiger partial charge in [-0.25, -0.2) is 4.98 Å². The Bertz CT molecular complexity index is 1870. The van der Waals surface area contributed by atoms with E-state index in [2.05, 4.69) is 15.6 Å². The summed E-state index contributed by atoms with van der Waals surface area (Å²) < 4.78 is 45.5. The zero-order valence-electron chi connectivity index (χ0n) is 27.4. The second kappa shape index (κ2) is 14.5. The average Bonchev–Trinajstić information content (AvgIpc) is 3.74. The highest BCUT2D eigenvalue weighted by Gasteiger charge is 2.40. The molecule has 2 amide bonds. The maximum Gasteiger partial charge on any atom is 0.416 e. The van der Waals surface area contributed by atoms with Gasteiger partial charge in [0.2, 0.25) is 5.91 Å². The van der Waals surface area contributed by atoms with Crippen LogP contribution in [0.5, 0.6) is 0 Å². The van der Waals surface area contributed by atoms with Gasteiger partial charge in [0.1, 0.15) is 17.2 Å². The van der Waals surface area contributed by atoms with Gasteiger partial charge in [0.05, 0.1) is 36.3 Å². The van der Waals surface area contributed by atoms with E-state index in [9.17, 15) is 27.6 Å². The Morgan fingerprint density at radius 3 is 2.22 bits per heavy atom. The Balaban J connectivity index is 1.28. The number of carbonyl (C=O) groups is 3. The molecule has 2 heterocycles. The van der Waals surface area contributed by atoms with E-state index in [0.29, 0.717) is 36.3 Å². The number of alkyl halides is 3. The first-order valence-corrected chi connectivity index (χ1v) is 15.9. The van der Waals surface area contributed by atoms with Gasteiger partial charge in [0, 0.05) is 37.0 Å². The number of nitrogens with one attached hydrogen (secondary N) is 2. The normalized spacial score (nSPS) is 14.9. The van der Waals surface area contributed by atoms with Crippen LogP contribution in [0.3, 0.4) is 0 Å². The molecular formula is C35H38F3N7O4. The minimum Gasteiger partial charge on any atom is -0.465 e. The van der Waals surface area contributed by atoms with Crippen molar-refractivity contribution in [3.05, 3.63) is 94.8 Å². The van der Waals surface area contributed by atoms with Crippen LogP contribution in [0.15, 0.2) is 71.7 Å². The lowest BCUT2D eigenvalue weighted by molar-refractivity contribution is -0.143. The van der Waals surface area contributed by atoms with Crippen LogP contribution in [-0.4, -0.2) is 64.3 Å². The molecule has 0 unspecified atom stereocenters. The van der Waals surface area contributed by atoms with E-state index in [0.717, 1.165) is 54.1 Å². The van der Waals surface area contributed by atoms with Crippen LogP contribution in [0.2, 0.25) is 0 Å². The van der Waals surface area contributed by atoms with Gasteiger partial charge in [0.15, 0.2) is 0 Å². The number of anilines is 1. The van der Waals surface area contributed by atoms with Gasteiger partial charge < -0.3 is 25.3 Å². The number of aliphatic imine (C=N–C) groups is 1. The summed E-state index contributed by atoms with van der Waals surface area (Å²) in [5, 5.41) is 6.47. The average molecular weight is 678 g/mol. The minimum absolute atomic E-state index is 0.0143. The van der Waals surface area contributed by atoms with E-state index in [1.165, 1.54) is 0 Å². The number of esters is 1. The number of carbonyl (C=O) groups excluding carboxylic acids is 3. The number of fused-ring (bicyclic) bond motifs is 1. The van der Waals surface area contributed by atoms with Crippen molar-refractivity contribution in [1.29, 1.82) is 0 Å². The first-order valence-electron chi connectivity index (χ1n) is 15.9. The lowest BCUT2D eigenvalue weighted by atomic mass is 9.89. The monoisotopic (exact) mass is 677 g/mol. The predicted molar refractivity (Wildman–Crippen MR) is 179 cm³/mol. The summed E-state index contributed by atoms with van der Waals surface area (Å²) in [4.78, 5) is 48.9. The summed E-state index contributed by atoms with van der Waals surface area (Å²) in [6, 6.07) is 16.3. The molecule has 1 aliphatic heterocycles. The summed E-state index contributed by atoms with van der Waals surface area (Å²) in [6.07, 6.45) is -2.64. The zero-order chi connectivity index (χ0) is 35.3. The Morgan fingerprint density at radius 1 is 0.959 bits per heavy atom. The van der Waals surface area contributed by atoms with Crippen molar-refractivity contribution in [3.8, 4) is 0 Å². The largest absolute Gasteiger partial charge is 0.465 e. The minimum atomic E-state index is -4.51. The van der Waals surface area contributed by atoms with Crippen LogP contribution in [0.4, 0.5) is 18.9 Å². The summed E-state index contributed by atoms with van der Waals surface area (Å²) >= 11 is 0. The number of ether oxygens (including phenoxy) is 1. The number of aryl methyl sites for hydroxylation is 1. The fourth-order valence-electron chi connectivity index (χ4n) is 5.70. The Kier molecular flexibility index (Phi) is 10.4. The maximum atomic E-state index is 13.7. The standard InChI is InChI=1S/C35H38F3N7O4/c1-4-49-30(46)21-41-34(2,33(48)45-17-5-6-18-45)25-13-16-28-27(19-25)42-29(44(28)3)20-40-26-14-9-22(10-15-26)31(39)43-32(47)23-7-11-24(12-8-23)35(36,37)38/h7-16,19,40-41H,4-6,17-18,20-21H2,1-3H3,(H2,39,43,47)/t34-/m1/s1. The van der Waals surface area contributed by atoms with Crippen LogP contribution < -0.4 is 16.4 Å². The summed E-state index contributed by atoms with van der Waals surface area (Å²) in [7, 11) is 1.90. The van der Waals surface area contributed by atoms with Crippen molar-refractivity contribution in [2.24, 2.45) is 17.8 Å². The molecule has 1 saturated heterocycles. The quantitative estimate of drug-likeness (QED) is 0.117. The van der Waals surface area contributed by atoms with Crippen molar-refractivity contribution in [2.45, 2.75) is 44.9 Å². The van der Waals surface area contributed by atoms with E-state index >= 15 is 0 Å². The molecule has 4 aromatic rings. The number of amidine groups is 1. The van der Waals surface area contributed by atoms with E-state index in [1.807, 2.05) is 34.7 Å². The molecule has 14 heteroatoms. The maximum absolute atomic E-state index is 13.7. The molecule has 4 N–H and O–H groups in total. The number of nitrogens with two attached hydrogens (primary N) is 1. The van der Waals surface area contributed by atoms with E-state index in [4.69, 9.17) is 15.5 Å². The zero-order valence-corrected chi connectivity index (χ0v) is 27.4. The van der Waals surface area contributed by atoms with E-state index in [1.54, 1.807) is 38.1 Å². The number of hydrogen-bond donors (Lipinski definition) is 3. The van der Waals surface area contributed by atoms with Crippen molar-refractivity contribution in [1.82, 2.24) is 19.8 Å². The molecule has 5 rings (SSSR count). The lowest BCUT2D eigenvalue weighted by Crippen LogP contribution is -2.54. The number of rotatable bonds is 11. The van der Waals surface area contributed by atoms with Gasteiger partial charge in [-0.3, -0.25) is 19.7 Å². The third kappa shape index (κ3) is 7.91. The molecule has 0 spiro atoms. The van der Waals surface area contributed by atoms with E-state index in [-0.39, 0.29) is 30.5 Å². The predicted octanol–water partition coefficient (Wildman–Crippen LogP) is 4.74. The molecule has 0 bridgehead atoms. The second-order valence-corrected chi connectivity index (χ2v) is 11.9. The highest BCUT2D eigenvalue weighted by Crippen LogP contribution is 2.30. The Hall–Kier alpha value is -5.24. The van der Waals surface area contributed by atoms with Gasteiger partial charge in [0.25, 0.3) is 5.91 Å². The van der Waals surface area contributed by atoms with Gasteiger partial charge in [-0.05, 0) is 92.9 Å². The number of amides is 2. The second-order valence-electron chi connectivity index (χ2n) is 11.9. The van der Waals surface area contributed by atoms with Crippen LogP contribution in [0.1, 0.15) is 59.6 Å². The van der Waals surface area contributed by atoms with Crippen molar-refractivity contribution in [3.63, 3.8) is 0 Å². The highest BCUT2D eigenvalue weighted by atomic mass is 19.4. The fourth-order valence-corrected chi connectivity index (χ4v) is 5.70. The topological polar surface area (TPSA) is 144 Å². The molecule has 0 radical (unpaired) electrons. The van der Waals surface area contributed by atoms with Crippen LogP contribution >= 0.6 is 0 Å². The lowest BCUT2D eigenvalue weighted by Gasteiger charge is -2.33. The third-order valence-corrected chi connectivity index (χ3v) is 8.58. The first kappa shape index (κ1) is 35.1. The number of benzene rings is 3. The molecule has 3 aromatic carbocycles. The summed E-state index contributed by atoms with van der Waals surface area (Å²) in [5.74, 6) is -0.649. The van der Waals surface area contributed by atoms with Gasteiger partial charge >= 0.3 is 12.1 Å². The number of likely N-dealkylation sites (tertiary alicyclic amines) is 1. The van der Waals surface area contributed by atoms with E-state index < -0.39 is 29.2 Å². The van der Waals surface area contributed by atoms with Crippen LogP contribution in [0, 0.1) is 0 Å². The Morgan fingerprint density at radius 2 is 1.59 bits per heavy atom. The number of nitrogens with zero attached hydrogens (tertiary/aromatic N) is 4. The van der Waals surface area contributed by atoms with Gasteiger partial charge in [-0.2, -0.15) is 18.2 Å². The van der Waals surface area contributed by atoms with Gasteiger partial charge in [-0.15, -0.1) is 0 Å². The molecule has 1 atom stereocenters. The molecule has 258 valence electrons. The molecule has 1 fully saturated rings. The molecule has 1 aliphatic rings. The number of imidazole rings is 1. The number of aromatic nitrogens is 2. The van der Waals surface area contributed by atoms with Crippen LogP contribution in [0.25, 0.3) is 11.0 Å². The number of hydrogen-bond acceptors (Lipinski definition) is 7. The first-order chi connectivity index (χ1) is 23.3. The molecule has 0 saturated carbocycles. The van der Waals surface area contributed by atoms with Crippen molar-refractivity contribution >= 4 is 40.3 Å². The van der Waals surface area contributed by atoms with Crippen molar-refractivity contribution in [2.75, 3.05) is 31.6 Å². The van der Waals surface area contributed by atoms with Gasteiger partial charge in [-0.1, -0.05) is 6.07 Å². The SMILES string of the molecule is CCOC(=O)CN[C@@](C)(C(=O)N1CCCC1)c1ccc2c(c1)nc(CNc1ccc(C(N)=NC(=O)c3ccc(C(F)(F)F)cc3)cc1)n2C.